The number of nitrogens with zero attached hydrogens (tertiary/aromatic N) is 2. The normalized spacial score (nSPS) is 18.5. The maximum Gasteiger partial charge on any atom is 0.303 e. The Labute approximate surface area is 185 Å². The van der Waals surface area contributed by atoms with Crippen molar-refractivity contribution in [1.29, 1.82) is 0 Å². The number of amides is 1. The first-order chi connectivity index (χ1) is 15.1. The first-order valence-electron chi connectivity index (χ1n) is 10.6. The van der Waals surface area contributed by atoms with Crippen molar-refractivity contribution < 1.29 is 14.7 Å². The molecule has 0 spiro atoms. The van der Waals surface area contributed by atoms with Crippen molar-refractivity contribution in [3.63, 3.8) is 0 Å². The molecule has 7 heteroatoms. The van der Waals surface area contributed by atoms with E-state index in [-0.39, 0.29) is 18.2 Å². The Morgan fingerprint density at radius 1 is 0.968 bits per heavy atom. The average molecular weight is 436 g/mol. The van der Waals surface area contributed by atoms with Gasteiger partial charge >= 0.3 is 5.97 Å². The molecular weight excluding hydrogens is 410 g/mol. The van der Waals surface area contributed by atoms with Gasteiger partial charge in [0, 0.05) is 18.4 Å². The molecule has 2 aromatic carbocycles. The molecule has 1 fully saturated rings. The third-order valence-electron chi connectivity index (χ3n) is 5.84. The largest absolute Gasteiger partial charge is 0.481 e. The number of benzene rings is 2. The molecule has 1 saturated carbocycles. The minimum absolute atomic E-state index is 0.195. The molecule has 1 amide bonds. The summed E-state index contributed by atoms with van der Waals surface area (Å²) in [4.78, 5) is 23.5. The number of carboxylic acids is 1. The molecule has 1 heterocycles. The Kier molecular flexibility index (Phi) is 6.72. The van der Waals surface area contributed by atoms with Crippen LogP contribution in [0.5, 0.6) is 0 Å². The van der Waals surface area contributed by atoms with Crippen molar-refractivity contribution in [2.75, 3.05) is 5.32 Å². The number of hydrogen-bond acceptors (Lipinski definition) is 5. The minimum atomic E-state index is -0.707. The lowest BCUT2D eigenvalue weighted by atomic mass is 9.77. The average Bonchev–Trinajstić information content (AvgIpc) is 3.21. The number of carboxylic acid groups (broad SMARTS) is 1. The molecule has 31 heavy (non-hydrogen) atoms. The fourth-order valence-electron chi connectivity index (χ4n) is 4.17. The van der Waals surface area contributed by atoms with Gasteiger partial charge in [-0.25, -0.2) is 0 Å². The zero-order valence-corrected chi connectivity index (χ0v) is 18.0. The Morgan fingerprint density at radius 3 is 2.35 bits per heavy atom. The number of carbonyl (C=O) groups excluding carboxylic acids is 1. The topological polar surface area (TPSA) is 92.2 Å². The lowest BCUT2D eigenvalue weighted by Gasteiger charge is -2.28. The zero-order chi connectivity index (χ0) is 21.6. The smallest absolute Gasteiger partial charge is 0.303 e. The summed E-state index contributed by atoms with van der Waals surface area (Å²) in [6, 6.07) is 17.8. The molecule has 160 valence electrons. The number of rotatable bonds is 7. The van der Waals surface area contributed by atoms with E-state index in [9.17, 15) is 9.59 Å². The Hall–Kier alpha value is -3.06. The van der Waals surface area contributed by atoms with Crippen LogP contribution in [0, 0.1) is 5.92 Å². The van der Waals surface area contributed by atoms with E-state index in [2.05, 4.69) is 15.5 Å². The maximum absolute atomic E-state index is 12.6. The van der Waals surface area contributed by atoms with Crippen molar-refractivity contribution in [3.05, 3.63) is 76.3 Å². The van der Waals surface area contributed by atoms with Gasteiger partial charge in [-0.1, -0.05) is 53.8 Å². The molecule has 0 saturated heterocycles. The molecule has 0 aliphatic heterocycles. The van der Waals surface area contributed by atoms with Crippen molar-refractivity contribution >= 4 is 28.3 Å². The van der Waals surface area contributed by atoms with Gasteiger partial charge in [0.2, 0.25) is 5.13 Å². The number of aliphatic carboxylic acids is 1. The van der Waals surface area contributed by atoms with Crippen LogP contribution in [0.3, 0.4) is 0 Å². The van der Waals surface area contributed by atoms with E-state index in [4.69, 9.17) is 5.11 Å². The molecule has 1 aromatic heterocycles. The van der Waals surface area contributed by atoms with Gasteiger partial charge in [0.15, 0.2) is 0 Å². The first kappa shape index (κ1) is 21.2. The highest BCUT2D eigenvalue weighted by Gasteiger charge is 2.24. The van der Waals surface area contributed by atoms with E-state index >= 15 is 0 Å². The second-order valence-corrected chi connectivity index (χ2v) is 9.12. The van der Waals surface area contributed by atoms with Gasteiger partial charge in [-0.05, 0) is 60.8 Å². The van der Waals surface area contributed by atoms with Gasteiger partial charge in [-0.15, -0.1) is 10.2 Å². The molecule has 1 aliphatic carbocycles. The molecule has 1 aliphatic rings. The predicted molar refractivity (Wildman–Crippen MR) is 121 cm³/mol. The molecule has 2 N–H and O–H groups in total. The minimum Gasteiger partial charge on any atom is -0.481 e. The molecular formula is C24H25N3O3S. The second kappa shape index (κ2) is 9.83. The highest BCUT2D eigenvalue weighted by Crippen LogP contribution is 2.37. The van der Waals surface area contributed by atoms with Gasteiger partial charge in [0.1, 0.15) is 5.01 Å². The van der Waals surface area contributed by atoms with Gasteiger partial charge in [0.25, 0.3) is 5.91 Å². The molecule has 0 radical (unpaired) electrons. The van der Waals surface area contributed by atoms with Gasteiger partial charge in [-0.2, -0.15) is 0 Å². The first-order valence-corrected chi connectivity index (χ1v) is 11.4. The maximum atomic E-state index is 12.6. The van der Waals surface area contributed by atoms with Crippen LogP contribution in [0.2, 0.25) is 0 Å². The number of nitrogens with one attached hydrogen (secondary N) is 1. The molecule has 4 rings (SSSR count). The number of anilines is 1. The molecule has 3 aromatic rings. The van der Waals surface area contributed by atoms with Crippen molar-refractivity contribution in [2.45, 2.75) is 44.4 Å². The fraction of sp³-hybridized carbons (Fsp3) is 0.333. The van der Waals surface area contributed by atoms with Crippen molar-refractivity contribution in [2.24, 2.45) is 5.92 Å². The van der Waals surface area contributed by atoms with Crippen LogP contribution in [-0.2, 0) is 11.2 Å². The van der Waals surface area contributed by atoms with E-state index in [0.717, 1.165) is 36.3 Å². The van der Waals surface area contributed by atoms with Gasteiger partial charge < -0.3 is 5.11 Å². The highest BCUT2D eigenvalue weighted by molar-refractivity contribution is 7.15. The Balaban J connectivity index is 1.31. The zero-order valence-electron chi connectivity index (χ0n) is 17.2. The van der Waals surface area contributed by atoms with Crippen LogP contribution in [0.25, 0.3) is 0 Å². The summed E-state index contributed by atoms with van der Waals surface area (Å²) in [6.07, 6.45) is 4.85. The molecule has 6 nitrogen and oxygen atoms in total. The summed E-state index contributed by atoms with van der Waals surface area (Å²) in [6.45, 7) is 0. The fourth-order valence-corrected chi connectivity index (χ4v) is 4.94. The summed E-state index contributed by atoms with van der Waals surface area (Å²) < 4.78 is 0. The molecule has 0 bridgehead atoms. The third-order valence-corrected chi connectivity index (χ3v) is 6.68. The number of carbonyl (C=O) groups is 2. The highest BCUT2D eigenvalue weighted by atomic mass is 32.1. The molecule has 0 unspecified atom stereocenters. The van der Waals surface area contributed by atoms with E-state index < -0.39 is 5.97 Å². The van der Waals surface area contributed by atoms with Crippen molar-refractivity contribution in [3.8, 4) is 0 Å². The summed E-state index contributed by atoms with van der Waals surface area (Å²) in [7, 11) is 0. The monoisotopic (exact) mass is 435 g/mol. The van der Waals surface area contributed by atoms with Gasteiger partial charge in [-0.3, -0.25) is 14.9 Å². The van der Waals surface area contributed by atoms with Crippen LogP contribution in [0.4, 0.5) is 5.13 Å². The predicted octanol–water partition coefficient (Wildman–Crippen LogP) is 5.13. The van der Waals surface area contributed by atoms with Crippen LogP contribution in [0.1, 0.15) is 64.5 Å². The van der Waals surface area contributed by atoms with E-state index in [1.54, 1.807) is 0 Å². The molecule has 0 atom stereocenters. The van der Waals surface area contributed by atoms with Crippen LogP contribution < -0.4 is 5.32 Å². The SMILES string of the molecule is O=C(O)C[C@H]1CC[C@H](c2ccc(C(=O)Nc3nnc(Cc4ccccc4)s3)cc2)CC1. The van der Waals surface area contributed by atoms with Crippen LogP contribution >= 0.6 is 11.3 Å². The van der Waals surface area contributed by atoms with Crippen molar-refractivity contribution in [1.82, 2.24) is 10.2 Å². The second-order valence-electron chi connectivity index (χ2n) is 8.05. The Morgan fingerprint density at radius 2 is 1.68 bits per heavy atom. The summed E-state index contributed by atoms with van der Waals surface area (Å²) in [5.74, 6) is -0.177. The van der Waals surface area contributed by atoms with Gasteiger partial charge in [0.05, 0.1) is 0 Å². The lowest BCUT2D eigenvalue weighted by Crippen LogP contribution is -2.16. The summed E-state index contributed by atoms with van der Waals surface area (Å²) >= 11 is 1.38. The summed E-state index contributed by atoms with van der Waals surface area (Å²) in [5, 5.41) is 21.4. The Bertz CT molecular complexity index is 1030. The lowest BCUT2D eigenvalue weighted by molar-refractivity contribution is -0.138. The van der Waals surface area contributed by atoms with E-state index in [0.29, 0.717) is 23.0 Å². The standard InChI is InChI=1S/C24H25N3O3S/c28-22(29)15-17-6-8-18(9-7-17)19-10-12-20(13-11-19)23(30)25-24-27-26-21(31-24)14-16-4-2-1-3-5-16/h1-5,10-13,17-18H,6-9,14-15H2,(H,28,29)(H,25,27,30)/t17-,18-. The third kappa shape index (κ3) is 5.76. The van der Waals surface area contributed by atoms with E-state index in [1.165, 1.54) is 16.9 Å². The number of hydrogen-bond donors (Lipinski definition) is 2. The summed E-state index contributed by atoms with van der Waals surface area (Å²) in [5.41, 5.74) is 2.96. The number of aromatic nitrogens is 2. The van der Waals surface area contributed by atoms with Crippen LogP contribution in [0.15, 0.2) is 54.6 Å². The van der Waals surface area contributed by atoms with Crippen LogP contribution in [-0.4, -0.2) is 27.2 Å². The quantitative estimate of drug-likeness (QED) is 0.537. The van der Waals surface area contributed by atoms with E-state index in [1.807, 2.05) is 54.6 Å².